The Hall–Kier alpha value is 0.0200. The second-order valence-corrected chi connectivity index (χ2v) is 2.50. The lowest BCUT2D eigenvalue weighted by Gasteiger charge is -1.90. The Morgan fingerprint density at radius 2 is 2.00 bits per heavy atom. The van der Waals surface area contributed by atoms with E-state index in [9.17, 15) is 0 Å². The molecule has 0 aliphatic rings. The Labute approximate surface area is 67.6 Å². The van der Waals surface area contributed by atoms with Crippen molar-refractivity contribution < 1.29 is 0 Å². The quantitative estimate of drug-likeness (QED) is 0.561. The van der Waals surface area contributed by atoms with Gasteiger partial charge in [-0.3, -0.25) is 0 Å². The van der Waals surface area contributed by atoms with Crippen LogP contribution in [0.2, 0.25) is 15.3 Å². The van der Waals surface area contributed by atoms with Gasteiger partial charge in [-0.2, -0.15) is 0 Å². The summed E-state index contributed by atoms with van der Waals surface area (Å²) in [4.78, 5) is 3.63. The second-order valence-electron chi connectivity index (χ2n) is 1.34. The summed E-state index contributed by atoms with van der Waals surface area (Å²) in [5, 5.41) is 0.844. The molecule has 1 aromatic heterocycles. The van der Waals surface area contributed by atoms with Crippen LogP contribution in [-0.4, -0.2) is 4.98 Å². The number of hydrogen-bond acceptors (Lipinski definition) is 1. The van der Waals surface area contributed by atoms with Gasteiger partial charge in [0.05, 0.1) is 5.02 Å². The zero-order chi connectivity index (χ0) is 6.85. The van der Waals surface area contributed by atoms with Crippen LogP contribution in [0.3, 0.4) is 0 Å². The third kappa shape index (κ3) is 2.01. The Kier molecular flexibility index (Phi) is 2.17. The van der Waals surface area contributed by atoms with Crippen LogP contribution in [0.4, 0.5) is 0 Å². The summed E-state index contributed by atoms with van der Waals surface area (Å²) in [6, 6.07) is 4.01. The van der Waals surface area contributed by atoms with E-state index in [4.69, 9.17) is 34.8 Å². The molecule has 4 heteroatoms. The predicted molar refractivity (Wildman–Crippen MR) is 38.1 cm³/mol. The Morgan fingerprint density at radius 1 is 1.33 bits per heavy atom. The summed E-state index contributed by atoms with van der Waals surface area (Å²) in [6.07, 6.45) is 0. The van der Waals surface area contributed by atoms with Crippen LogP contribution in [0.25, 0.3) is 0 Å². The molecule has 9 heavy (non-hydrogen) atoms. The predicted octanol–water partition coefficient (Wildman–Crippen LogP) is 2.84. The van der Waals surface area contributed by atoms with E-state index in [1.54, 1.807) is 0 Å². The van der Waals surface area contributed by atoms with Gasteiger partial charge >= 0.3 is 0 Å². The average molecular weight is 181 g/mol. The molecule has 0 bridgehead atoms. The van der Waals surface area contributed by atoms with Gasteiger partial charge in [-0.25, -0.2) is 4.98 Å². The minimum Gasteiger partial charge on any atom is -0.224 e. The molecule has 1 nitrogen and oxygen atoms in total. The van der Waals surface area contributed by atoms with Crippen molar-refractivity contribution in [2.45, 2.75) is 0 Å². The van der Waals surface area contributed by atoms with Gasteiger partial charge in [0.25, 0.3) is 0 Å². The normalized spacial score (nSPS) is 9.67. The van der Waals surface area contributed by atoms with Crippen LogP contribution >= 0.6 is 34.8 Å². The molecule has 0 atom stereocenters. The zero-order valence-corrected chi connectivity index (χ0v) is 6.43. The Bertz CT molecular complexity index is 173. The van der Waals surface area contributed by atoms with Crippen LogP contribution in [0.1, 0.15) is 0 Å². The highest BCUT2D eigenvalue weighted by Gasteiger charge is 1.95. The molecule has 0 aliphatic carbocycles. The fourth-order valence-corrected chi connectivity index (χ4v) is 1.12. The standard InChI is InChI=1S/C5HCl3N/c6-3-1-4(7)9-5(8)2-3/h1H. The van der Waals surface area contributed by atoms with Crippen molar-refractivity contribution in [1.82, 2.24) is 4.98 Å². The van der Waals surface area contributed by atoms with Gasteiger partial charge in [0.2, 0.25) is 0 Å². The fourth-order valence-electron chi connectivity index (χ4n) is 0.393. The van der Waals surface area contributed by atoms with Crippen molar-refractivity contribution in [2.24, 2.45) is 0 Å². The van der Waals surface area contributed by atoms with Gasteiger partial charge in [0.1, 0.15) is 10.3 Å². The molecule has 1 heterocycles. The number of rotatable bonds is 0. The summed E-state index contributed by atoms with van der Waals surface area (Å²) < 4.78 is 0. The van der Waals surface area contributed by atoms with E-state index in [1.165, 1.54) is 6.07 Å². The van der Waals surface area contributed by atoms with E-state index in [0.29, 0.717) is 5.02 Å². The molecular weight excluding hydrogens is 180 g/mol. The minimum atomic E-state index is 0.188. The Balaban J connectivity index is 3.17. The number of hydrogen-bond donors (Lipinski definition) is 0. The number of pyridine rings is 1. The van der Waals surface area contributed by atoms with E-state index < -0.39 is 0 Å². The maximum Gasteiger partial charge on any atom is 0.140 e. The Morgan fingerprint density at radius 3 is 2.44 bits per heavy atom. The summed E-state index contributed by atoms with van der Waals surface area (Å²) >= 11 is 16.4. The first kappa shape index (κ1) is 7.13. The maximum atomic E-state index is 5.49. The van der Waals surface area contributed by atoms with Crippen molar-refractivity contribution in [1.29, 1.82) is 0 Å². The summed E-state index contributed by atoms with van der Waals surface area (Å²) in [7, 11) is 0. The molecule has 0 N–H and O–H groups in total. The van der Waals surface area contributed by atoms with E-state index in [0.717, 1.165) is 0 Å². The van der Waals surface area contributed by atoms with Crippen molar-refractivity contribution in [2.75, 3.05) is 0 Å². The molecule has 1 radical (unpaired) electrons. The van der Waals surface area contributed by atoms with Crippen LogP contribution in [0.5, 0.6) is 0 Å². The first-order valence-electron chi connectivity index (χ1n) is 2.09. The molecule has 0 spiro atoms. The SMILES string of the molecule is Clc1[c]c(Cl)nc(Cl)c1. The van der Waals surface area contributed by atoms with E-state index in [2.05, 4.69) is 11.1 Å². The topological polar surface area (TPSA) is 12.9 Å². The molecule has 0 saturated carbocycles. The molecule has 0 saturated heterocycles. The van der Waals surface area contributed by atoms with Crippen molar-refractivity contribution in [3.63, 3.8) is 0 Å². The lowest BCUT2D eigenvalue weighted by molar-refractivity contribution is 1.32. The molecule has 0 aromatic carbocycles. The van der Waals surface area contributed by atoms with Crippen LogP contribution in [0.15, 0.2) is 6.07 Å². The van der Waals surface area contributed by atoms with Gasteiger partial charge in [-0.15, -0.1) is 0 Å². The largest absolute Gasteiger partial charge is 0.224 e. The summed E-state index contributed by atoms with van der Waals surface area (Å²) in [5.74, 6) is 0. The second kappa shape index (κ2) is 2.74. The highest BCUT2D eigenvalue weighted by Crippen LogP contribution is 2.16. The third-order valence-electron chi connectivity index (χ3n) is 0.673. The van der Waals surface area contributed by atoms with Crippen LogP contribution in [-0.2, 0) is 0 Å². The molecule has 0 amide bonds. The van der Waals surface area contributed by atoms with Crippen molar-refractivity contribution in [3.8, 4) is 0 Å². The third-order valence-corrected chi connectivity index (χ3v) is 1.25. The highest BCUT2D eigenvalue weighted by atomic mass is 35.5. The van der Waals surface area contributed by atoms with Crippen molar-refractivity contribution >= 4 is 34.8 Å². The van der Waals surface area contributed by atoms with Gasteiger partial charge < -0.3 is 0 Å². The van der Waals surface area contributed by atoms with Gasteiger partial charge in [0, 0.05) is 6.07 Å². The van der Waals surface area contributed by atoms with Crippen LogP contribution in [0, 0.1) is 6.07 Å². The molecule has 0 unspecified atom stereocenters. The van der Waals surface area contributed by atoms with E-state index in [1.807, 2.05) is 0 Å². The molecule has 0 fully saturated rings. The summed E-state index contributed by atoms with van der Waals surface area (Å²) in [5.41, 5.74) is 0. The number of halogens is 3. The average Bonchev–Trinajstić information content (AvgIpc) is 1.59. The minimum absolute atomic E-state index is 0.188. The highest BCUT2D eigenvalue weighted by molar-refractivity contribution is 6.36. The molecule has 1 rings (SSSR count). The maximum absolute atomic E-state index is 5.49. The van der Waals surface area contributed by atoms with Gasteiger partial charge in [-0.1, -0.05) is 34.8 Å². The molecular formula is C5HCl3N. The van der Waals surface area contributed by atoms with Crippen molar-refractivity contribution in [3.05, 3.63) is 27.5 Å². The first-order valence-corrected chi connectivity index (χ1v) is 3.23. The number of aromatic nitrogens is 1. The summed E-state index contributed by atoms with van der Waals surface area (Å²) in [6.45, 7) is 0. The van der Waals surface area contributed by atoms with E-state index >= 15 is 0 Å². The molecule has 47 valence electrons. The fraction of sp³-hybridized carbons (Fsp3) is 0. The van der Waals surface area contributed by atoms with Crippen LogP contribution < -0.4 is 0 Å². The monoisotopic (exact) mass is 180 g/mol. The molecule has 0 aliphatic heterocycles. The van der Waals surface area contributed by atoms with Gasteiger partial charge in [0.15, 0.2) is 0 Å². The zero-order valence-electron chi connectivity index (χ0n) is 4.16. The molecule has 1 aromatic rings. The smallest absolute Gasteiger partial charge is 0.140 e. The van der Waals surface area contributed by atoms with E-state index in [-0.39, 0.29) is 10.3 Å². The number of nitrogens with zero attached hydrogens (tertiary/aromatic N) is 1. The first-order chi connectivity index (χ1) is 4.18. The van der Waals surface area contributed by atoms with Gasteiger partial charge in [-0.05, 0) is 6.07 Å². The lowest BCUT2D eigenvalue weighted by Crippen LogP contribution is -1.75. The lowest BCUT2D eigenvalue weighted by atomic mass is 10.5.